The first kappa shape index (κ1) is 11.7. The summed E-state index contributed by atoms with van der Waals surface area (Å²) in [4.78, 5) is 7.96. The van der Waals surface area contributed by atoms with E-state index in [1.54, 1.807) is 26.6 Å². The van der Waals surface area contributed by atoms with Gasteiger partial charge in [0.25, 0.3) is 0 Å². The van der Waals surface area contributed by atoms with Crippen LogP contribution in [0, 0.1) is 0 Å². The molecule has 0 saturated carbocycles. The Morgan fingerprint density at radius 1 is 1.40 bits per heavy atom. The molecule has 0 aromatic carbocycles. The Kier molecular flexibility index (Phi) is 4.79. The van der Waals surface area contributed by atoms with Crippen molar-refractivity contribution in [3.8, 4) is 0 Å². The van der Waals surface area contributed by atoms with Crippen LogP contribution in [0.3, 0.4) is 0 Å². The van der Waals surface area contributed by atoms with Gasteiger partial charge in [-0.3, -0.25) is 0 Å². The average Bonchev–Trinajstić information content (AvgIpc) is 2.26. The van der Waals surface area contributed by atoms with E-state index in [4.69, 9.17) is 15.2 Å². The Morgan fingerprint density at radius 2 is 2.13 bits per heavy atom. The number of anilines is 2. The van der Waals surface area contributed by atoms with Crippen molar-refractivity contribution in [1.29, 1.82) is 0 Å². The summed E-state index contributed by atoms with van der Waals surface area (Å²) in [6.45, 7) is 1.09. The molecule has 1 aromatic rings. The number of hydrogen-bond donors (Lipinski definition) is 2. The van der Waals surface area contributed by atoms with Gasteiger partial charge in [0, 0.05) is 33.2 Å². The molecular weight excluding hydrogens is 196 g/mol. The number of nitrogen functional groups attached to an aromatic ring is 1. The Bertz CT molecular complexity index is 295. The summed E-state index contributed by atoms with van der Waals surface area (Å²) in [5.41, 5.74) is 5.61. The molecule has 1 aromatic heterocycles. The zero-order valence-corrected chi connectivity index (χ0v) is 8.93. The van der Waals surface area contributed by atoms with Gasteiger partial charge in [-0.15, -0.1) is 0 Å². The lowest BCUT2D eigenvalue weighted by Crippen LogP contribution is -2.27. The maximum Gasteiger partial charge on any atom is 0.169 e. The highest BCUT2D eigenvalue weighted by molar-refractivity contribution is 5.54. The van der Waals surface area contributed by atoms with E-state index in [0.29, 0.717) is 24.8 Å². The highest BCUT2D eigenvalue weighted by Crippen LogP contribution is 2.09. The van der Waals surface area contributed by atoms with E-state index in [1.807, 2.05) is 0 Å². The van der Waals surface area contributed by atoms with Crippen molar-refractivity contribution >= 4 is 11.6 Å². The summed E-state index contributed by atoms with van der Waals surface area (Å²) >= 11 is 0. The van der Waals surface area contributed by atoms with E-state index >= 15 is 0 Å². The molecule has 6 heteroatoms. The van der Waals surface area contributed by atoms with Crippen molar-refractivity contribution in [3.63, 3.8) is 0 Å². The van der Waals surface area contributed by atoms with E-state index in [0.717, 1.165) is 0 Å². The van der Waals surface area contributed by atoms with E-state index < -0.39 is 0 Å². The zero-order valence-electron chi connectivity index (χ0n) is 8.93. The summed E-state index contributed by atoms with van der Waals surface area (Å²) < 4.78 is 10.2. The minimum Gasteiger partial charge on any atom is -0.382 e. The van der Waals surface area contributed by atoms with E-state index in [2.05, 4.69) is 15.3 Å². The minimum absolute atomic E-state index is 0.0311. The van der Waals surface area contributed by atoms with Gasteiger partial charge in [-0.05, 0) is 0 Å². The van der Waals surface area contributed by atoms with Crippen LogP contribution in [0.2, 0.25) is 0 Å². The molecule has 1 heterocycles. The second-order valence-electron chi connectivity index (χ2n) is 2.98. The first-order chi connectivity index (χ1) is 7.27. The topological polar surface area (TPSA) is 82.3 Å². The van der Waals surface area contributed by atoms with E-state index in [-0.39, 0.29) is 6.10 Å². The molecule has 0 aliphatic rings. The molecule has 1 atom stereocenters. The van der Waals surface area contributed by atoms with Crippen molar-refractivity contribution in [2.45, 2.75) is 6.10 Å². The Balaban J connectivity index is 2.45. The van der Waals surface area contributed by atoms with Gasteiger partial charge in [0.1, 0.15) is 0 Å². The normalized spacial score (nSPS) is 12.4. The number of nitrogens with two attached hydrogens (primary N) is 1. The van der Waals surface area contributed by atoms with Crippen molar-refractivity contribution in [3.05, 3.63) is 12.4 Å². The van der Waals surface area contributed by atoms with Gasteiger partial charge < -0.3 is 20.5 Å². The molecule has 3 N–H and O–H groups in total. The van der Waals surface area contributed by atoms with Crippen molar-refractivity contribution < 1.29 is 9.47 Å². The quantitative estimate of drug-likeness (QED) is 0.697. The predicted molar refractivity (Wildman–Crippen MR) is 57.6 cm³/mol. The number of hydrogen-bond acceptors (Lipinski definition) is 6. The van der Waals surface area contributed by atoms with Crippen LogP contribution in [0.4, 0.5) is 11.6 Å². The van der Waals surface area contributed by atoms with E-state index in [9.17, 15) is 0 Å². The molecule has 0 amide bonds. The summed E-state index contributed by atoms with van der Waals surface area (Å²) in [5.74, 6) is 0.945. The molecule has 6 nitrogen and oxygen atoms in total. The first-order valence-electron chi connectivity index (χ1n) is 4.60. The second kappa shape index (κ2) is 6.15. The molecule has 1 rings (SSSR count). The molecule has 0 fully saturated rings. The SMILES string of the molecule is COCC(CNc1nccnc1N)OC. The van der Waals surface area contributed by atoms with Crippen LogP contribution in [0.15, 0.2) is 12.4 Å². The third kappa shape index (κ3) is 3.69. The Morgan fingerprint density at radius 3 is 2.73 bits per heavy atom. The van der Waals surface area contributed by atoms with Crippen LogP contribution in [-0.4, -0.2) is 43.4 Å². The average molecular weight is 212 g/mol. The van der Waals surface area contributed by atoms with Crippen LogP contribution >= 0.6 is 0 Å². The Labute approximate surface area is 88.8 Å². The van der Waals surface area contributed by atoms with Gasteiger partial charge in [0.05, 0.1) is 12.7 Å². The van der Waals surface area contributed by atoms with Crippen LogP contribution in [-0.2, 0) is 9.47 Å². The third-order valence-electron chi connectivity index (χ3n) is 1.91. The standard InChI is InChI=1S/C9H16N4O2/c1-14-6-7(15-2)5-13-9-8(10)11-3-4-12-9/h3-4,7H,5-6H2,1-2H3,(H2,10,11)(H,12,13). The predicted octanol–water partition coefficient (Wildman–Crippen LogP) is 0.132. The summed E-state index contributed by atoms with van der Waals surface area (Å²) in [7, 11) is 3.26. The van der Waals surface area contributed by atoms with Gasteiger partial charge in [0.2, 0.25) is 0 Å². The molecule has 0 saturated heterocycles. The molecule has 15 heavy (non-hydrogen) atoms. The van der Waals surface area contributed by atoms with Gasteiger partial charge in [-0.25, -0.2) is 9.97 Å². The van der Waals surface area contributed by atoms with Gasteiger partial charge >= 0.3 is 0 Å². The van der Waals surface area contributed by atoms with Crippen molar-refractivity contribution in [2.24, 2.45) is 0 Å². The maximum absolute atomic E-state index is 5.61. The van der Waals surface area contributed by atoms with Crippen LogP contribution in [0.1, 0.15) is 0 Å². The molecule has 0 aliphatic heterocycles. The number of rotatable bonds is 6. The number of ether oxygens (including phenoxy) is 2. The summed E-state index contributed by atoms with van der Waals surface area (Å²) in [6.07, 6.45) is 3.09. The minimum atomic E-state index is -0.0311. The second-order valence-corrected chi connectivity index (χ2v) is 2.98. The zero-order chi connectivity index (χ0) is 11.1. The van der Waals surface area contributed by atoms with Gasteiger partial charge in [-0.1, -0.05) is 0 Å². The highest BCUT2D eigenvalue weighted by atomic mass is 16.5. The first-order valence-corrected chi connectivity index (χ1v) is 4.60. The fourth-order valence-electron chi connectivity index (χ4n) is 1.09. The monoisotopic (exact) mass is 212 g/mol. The molecule has 1 unspecified atom stereocenters. The van der Waals surface area contributed by atoms with Gasteiger partial charge in [-0.2, -0.15) is 0 Å². The number of nitrogens with one attached hydrogen (secondary N) is 1. The van der Waals surface area contributed by atoms with Crippen LogP contribution in [0.25, 0.3) is 0 Å². The highest BCUT2D eigenvalue weighted by Gasteiger charge is 2.08. The molecule has 0 bridgehead atoms. The van der Waals surface area contributed by atoms with Crippen LogP contribution < -0.4 is 11.1 Å². The molecule has 0 spiro atoms. The van der Waals surface area contributed by atoms with Gasteiger partial charge in [0.15, 0.2) is 11.6 Å². The van der Waals surface area contributed by atoms with Crippen LogP contribution in [0.5, 0.6) is 0 Å². The Hall–Kier alpha value is -1.40. The maximum atomic E-state index is 5.61. The summed E-state index contributed by atoms with van der Waals surface area (Å²) in [5, 5.41) is 3.05. The lowest BCUT2D eigenvalue weighted by molar-refractivity contribution is 0.0365. The van der Waals surface area contributed by atoms with E-state index in [1.165, 1.54) is 0 Å². The fourth-order valence-corrected chi connectivity index (χ4v) is 1.09. The lowest BCUT2D eigenvalue weighted by atomic mass is 10.3. The third-order valence-corrected chi connectivity index (χ3v) is 1.91. The number of methoxy groups -OCH3 is 2. The molecule has 84 valence electrons. The largest absolute Gasteiger partial charge is 0.382 e. The molecule has 0 aliphatic carbocycles. The molecule has 0 radical (unpaired) electrons. The number of nitrogens with zero attached hydrogens (tertiary/aromatic N) is 2. The number of aromatic nitrogens is 2. The lowest BCUT2D eigenvalue weighted by Gasteiger charge is -2.15. The fraction of sp³-hybridized carbons (Fsp3) is 0.556. The van der Waals surface area contributed by atoms with Crippen molar-refractivity contribution in [2.75, 3.05) is 38.4 Å². The molecular formula is C9H16N4O2. The summed E-state index contributed by atoms with van der Waals surface area (Å²) in [6, 6.07) is 0. The smallest absolute Gasteiger partial charge is 0.169 e. The van der Waals surface area contributed by atoms with Crippen molar-refractivity contribution in [1.82, 2.24) is 9.97 Å².